The van der Waals surface area contributed by atoms with Crippen LogP contribution in [0.4, 0.5) is 15.3 Å². The average molecular weight is 579 g/mol. The van der Waals surface area contributed by atoms with Crippen LogP contribution >= 0.6 is 22.9 Å². The van der Waals surface area contributed by atoms with E-state index >= 15 is 0 Å². The molecule has 4 aromatic rings. The molecule has 0 aliphatic carbocycles. The third kappa shape index (κ3) is 3.85. The number of likely N-dealkylation sites (N-methyl/N-ethyl adjacent to an activating group) is 1. The predicted molar refractivity (Wildman–Crippen MR) is 155 cm³/mol. The lowest BCUT2D eigenvalue weighted by atomic mass is 9.94. The summed E-state index contributed by atoms with van der Waals surface area (Å²) in [5, 5.41) is 11.7. The summed E-state index contributed by atoms with van der Waals surface area (Å²) in [6, 6.07) is 2.82. The molecule has 2 fully saturated rings. The molecular weight excluding hydrogens is 551 g/mol. The van der Waals surface area contributed by atoms with Crippen LogP contribution in [-0.4, -0.2) is 76.6 Å². The van der Waals surface area contributed by atoms with Crippen LogP contribution in [-0.2, 0) is 18.0 Å². The monoisotopic (exact) mass is 578 g/mol. The minimum Gasteiger partial charge on any atom is -0.389 e. The van der Waals surface area contributed by atoms with Gasteiger partial charge in [-0.25, -0.2) is 14.4 Å². The smallest absolute Gasteiger partial charge is 0.226 e. The fraction of sp³-hybridized carbons (Fsp3) is 0.429. The van der Waals surface area contributed by atoms with Crippen molar-refractivity contribution < 1.29 is 9.13 Å². The van der Waals surface area contributed by atoms with Crippen molar-refractivity contribution >= 4 is 54.9 Å². The summed E-state index contributed by atoms with van der Waals surface area (Å²) in [6.45, 7) is 8.10. The number of anilines is 2. The maximum absolute atomic E-state index is 14.8. The summed E-state index contributed by atoms with van der Waals surface area (Å²) in [5.41, 5.74) is 9.72. The van der Waals surface area contributed by atoms with Crippen molar-refractivity contribution in [2.45, 2.75) is 38.6 Å². The highest BCUT2D eigenvalue weighted by Gasteiger charge is 2.37. The standard InChI is InChI=1S/C28H28ClFN8OS/c1-14-20(37-7-5-36(2)6-8-37)3-4-38(14)28-34-10-16-17-12-39-13-18(17)21(23(29)24(16)35-28)25-22-15(9-31)27(32)40-26(22)19(30)11-33-25/h10-11,14,20H,3-8,12-13,32H2,1-2H3/t14-,20+/m0/s1. The summed E-state index contributed by atoms with van der Waals surface area (Å²) >= 11 is 8.20. The zero-order valence-electron chi connectivity index (χ0n) is 22.2. The van der Waals surface area contributed by atoms with Gasteiger partial charge < -0.3 is 20.3 Å². The minimum atomic E-state index is -0.524. The molecule has 0 amide bonds. The van der Waals surface area contributed by atoms with Crippen molar-refractivity contribution in [1.82, 2.24) is 24.8 Å². The van der Waals surface area contributed by atoms with Crippen LogP contribution in [0.3, 0.4) is 0 Å². The molecule has 2 saturated heterocycles. The van der Waals surface area contributed by atoms with E-state index in [9.17, 15) is 9.65 Å². The highest BCUT2D eigenvalue weighted by atomic mass is 35.5. The van der Waals surface area contributed by atoms with Gasteiger partial charge in [-0.2, -0.15) is 5.26 Å². The van der Waals surface area contributed by atoms with E-state index in [0.717, 1.165) is 73.2 Å². The molecule has 1 aromatic carbocycles. The van der Waals surface area contributed by atoms with Crippen LogP contribution in [0.25, 0.3) is 32.2 Å². The number of hydrogen-bond donors (Lipinski definition) is 1. The lowest BCUT2D eigenvalue weighted by Gasteiger charge is -2.38. The lowest BCUT2D eigenvalue weighted by Crippen LogP contribution is -2.52. The quantitative estimate of drug-likeness (QED) is 0.378. The first kappa shape index (κ1) is 25.8. The number of fused-ring (bicyclic) bond motifs is 4. The summed E-state index contributed by atoms with van der Waals surface area (Å²) in [6.07, 6.45) is 4.05. The number of benzene rings is 1. The second-order valence-corrected chi connectivity index (χ2v) is 12.2. The molecule has 3 aromatic heterocycles. The van der Waals surface area contributed by atoms with E-state index in [4.69, 9.17) is 32.0 Å². The maximum atomic E-state index is 14.8. The molecule has 206 valence electrons. The van der Waals surface area contributed by atoms with Crippen LogP contribution in [0.2, 0.25) is 5.02 Å². The SMILES string of the molecule is C[C@H]1[C@H](N2CCN(C)CC2)CCN1c1ncc2c3c(c(-c4ncc(F)c5sc(N)c(C#N)c45)c(Cl)c2n1)COC3. The summed E-state index contributed by atoms with van der Waals surface area (Å²) < 4.78 is 20.9. The van der Waals surface area contributed by atoms with Crippen LogP contribution in [0.15, 0.2) is 12.4 Å². The number of halogens is 2. The van der Waals surface area contributed by atoms with Crippen molar-refractivity contribution in [2.24, 2.45) is 0 Å². The van der Waals surface area contributed by atoms with Crippen molar-refractivity contribution in [3.63, 3.8) is 0 Å². The Morgan fingerprint density at radius 2 is 1.93 bits per heavy atom. The van der Waals surface area contributed by atoms with Gasteiger partial charge in [-0.05, 0) is 31.5 Å². The molecule has 2 N–H and O–H groups in total. The fourth-order valence-electron chi connectivity index (χ4n) is 6.52. The molecule has 7 rings (SSSR count). The van der Waals surface area contributed by atoms with E-state index in [1.807, 2.05) is 6.20 Å². The lowest BCUT2D eigenvalue weighted by molar-refractivity contribution is 0.108. The first-order valence-corrected chi connectivity index (χ1v) is 14.6. The Balaban J connectivity index is 1.36. The average Bonchev–Trinajstić information content (AvgIpc) is 3.67. The van der Waals surface area contributed by atoms with E-state index in [1.165, 1.54) is 0 Å². The van der Waals surface area contributed by atoms with Crippen LogP contribution in [0, 0.1) is 17.1 Å². The van der Waals surface area contributed by atoms with Crippen molar-refractivity contribution in [1.29, 1.82) is 5.26 Å². The Kier molecular flexibility index (Phi) is 6.29. The molecule has 6 heterocycles. The predicted octanol–water partition coefficient (Wildman–Crippen LogP) is 4.40. The molecule has 0 radical (unpaired) electrons. The van der Waals surface area contributed by atoms with Gasteiger partial charge in [0, 0.05) is 67.3 Å². The number of hydrogen-bond acceptors (Lipinski definition) is 10. The number of pyridine rings is 1. The van der Waals surface area contributed by atoms with Gasteiger partial charge in [-0.3, -0.25) is 9.88 Å². The highest BCUT2D eigenvalue weighted by molar-refractivity contribution is 7.23. The summed E-state index contributed by atoms with van der Waals surface area (Å²) in [4.78, 5) is 21.5. The number of aromatic nitrogens is 3. The highest BCUT2D eigenvalue weighted by Crippen LogP contribution is 2.47. The van der Waals surface area contributed by atoms with E-state index in [-0.39, 0.29) is 21.3 Å². The Morgan fingerprint density at radius 3 is 2.70 bits per heavy atom. The second-order valence-electron chi connectivity index (χ2n) is 10.8. The molecule has 12 heteroatoms. The number of ether oxygens (including phenoxy) is 1. The van der Waals surface area contributed by atoms with Gasteiger partial charge in [-0.1, -0.05) is 11.6 Å². The molecule has 9 nitrogen and oxygen atoms in total. The Bertz CT molecular complexity index is 1710. The van der Waals surface area contributed by atoms with Crippen LogP contribution in [0.5, 0.6) is 0 Å². The number of thiophene rings is 1. The van der Waals surface area contributed by atoms with Gasteiger partial charge >= 0.3 is 0 Å². The normalized spacial score (nSPS) is 21.9. The van der Waals surface area contributed by atoms with Gasteiger partial charge in [0.2, 0.25) is 5.95 Å². The Hall–Kier alpha value is -3.14. The second kappa shape index (κ2) is 9.75. The largest absolute Gasteiger partial charge is 0.389 e. The zero-order chi connectivity index (χ0) is 27.7. The molecular formula is C28H28ClFN8OS. The minimum absolute atomic E-state index is 0.204. The van der Waals surface area contributed by atoms with E-state index in [2.05, 4.69) is 39.7 Å². The number of nitrogens with zero attached hydrogens (tertiary/aromatic N) is 7. The molecule has 2 atom stereocenters. The summed E-state index contributed by atoms with van der Waals surface area (Å²) in [7, 11) is 2.17. The first-order chi connectivity index (χ1) is 19.4. The number of piperazine rings is 1. The van der Waals surface area contributed by atoms with E-state index < -0.39 is 5.82 Å². The van der Waals surface area contributed by atoms with Gasteiger partial charge in [0.25, 0.3) is 0 Å². The number of nitrogens with two attached hydrogens (primary N) is 1. The first-order valence-electron chi connectivity index (χ1n) is 13.4. The zero-order valence-corrected chi connectivity index (χ0v) is 23.8. The number of rotatable bonds is 3. The fourth-order valence-corrected chi connectivity index (χ4v) is 7.79. The molecule has 3 aliphatic rings. The molecule has 0 bridgehead atoms. The van der Waals surface area contributed by atoms with E-state index in [1.54, 1.807) is 0 Å². The molecule has 0 spiro atoms. The molecule has 0 unspecified atom stereocenters. The third-order valence-electron chi connectivity index (χ3n) is 8.71. The van der Waals surface area contributed by atoms with Gasteiger partial charge in [0.05, 0.1) is 45.9 Å². The van der Waals surface area contributed by atoms with Gasteiger partial charge in [0.1, 0.15) is 11.1 Å². The van der Waals surface area contributed by atoms with Crippen molar-refractivity contribution in [2.75, 3.05) is 50.4 Å². The Labute approximate surface area is 239 Å². The molecule has 3 aliphatic heterocycles. The van der Waals surface area contributed by atoms with Crippen LogP contribution in [0.1, 0.15) is 30.0 Å². The van der Waals surface area contributed by atoms with E-state index in [0.29, 0.717) is 52.4 Å². The van der Waals surface area contributed by atoms with Crippen molar-refractivity contribution in [3.05, 3.63) is 39.9 Å². The number of nitrogen functional groups attached to an aromatic ring is 1. The third-order valence-corrected chi connectivity index (χ3v) is 10.1. The maximum Gasteiger partial charge on any atom is 0.226 e. The topological polar surface area (TPSA) is 107 Å². The van der Waals surface area contributed by atoms with Gasteiger partial charge in [0.15, 0.2) is 5.82 Å². The van der Waals surface area contributed by atoms with Crippen molar-refractivity contribution in [3.8, 4) is 17.3 Å². The molecule has 0 saturated carbocycles. The van der Waals surface area contributed by atoms with Gasteiger partial charge in [-0.15, -0.1) is 11.3 Å². The number of nitriles is 1. The summed E-state index contributed by atoms with van der Waals surface area (Å²) in [5.74, 6) is 0.113. The molecule has 40 heavy (non-hydrogen) atoms. The Morgan fingerprint density at radius 1 is 1.15 bits per heavy atom. The van der Waals surface area contributed by atoms with Crippen LogP contribution < -0.4 is 10.6 Å².